The van der Waals surface area contributed by atoms with Crippen LogP contribution in [-0.2, 0) is 0 Å². The lowest BCUT2D eigenvalue weighted by molar-refractivity contribution is -0.384. The number of hydrogen-bond donors (Lipinski definition) is 0. The molecule has 0 saturated heterocycles. The summed E-state index contributed by atoms with van der Waals surface area (Å²) in [4.78, 5) is 30.1. The molecule has 0 aliphatic heterocycles. The van der Waals surface area contributed by atoms with E-state index in [1.165, 1.54) is 18.2 Å². The smallest absolute Gasteiger partial charge is 0.266 e. The van der Waals surface area contributed by atoms with Gasteiger partial charge in [0.05, 0.1) is 22.3 Å². The Balaban J connectivity index is 2.45. The minimum absolute atomic E-state index is 0.108. The van der Waals surface area contributed by atoms with Crippen LogP contribution < -0.4 is 5.56 Å². The number of nitrogens with zero attached hydrogens (tertiary/aromatic N) is 3. The molecule has 2 aromatic carbocycles. The average molecular weight is 314 g/mol. The molecule has 7 heteroatoms. The van der Waals surface area contributed by atoms with Crippen LogP contribution in [0.1, 0.15) is 0 Å². The molecule has 0 fully saturated rings. The van der Waals surface area contributed by atoms with Crippen molar-refractivity contribution >= 4 is 28.2 Å². The van der Waals surface area contributed by atoms with Gasteiger partial charge in [-0.2, -0.15) is 0 Å². The molecule has 22 heavy (non-hydrogen) atoms. The van der Waals surface area contributed by atoms with Crippen molar-refractivity contribution in [1.29, 1.82) is 0 Å². The first-order valence-corrected chi connectivity index (χ1v) is 6.64. The van der Waals surface area contributed by atoms with Gasteiger partial charge in [0, 0.05) is 28.1 Å². The number of halogens is 1. The molecule has 1 heterocycles. The Morgan fingerprint density at radius 3 is 2.64 bits per heavy atom. The van der Waals surface area contributed by atoms with E-state index < -0.39 is 10.5 Å². The van der Waals surface area contributed by atoms with Crippen molar-refractivity contribution in [1.82, 2.24) is 9.97 Å². The molecule has 0 amide bonds. The van der Waals surface area contributed by atoms with Crippen LogP contribution in [0.25, 0.3) is 22.2 Å². The Bertz CT molecular complexity index is 960. The lowest BCUT2D eigenvalue weighted by Gasteiger charge is -2.03. The molecule has 108 valence electrons. The Hall–Kier alpha value is -2.86. The molecule has 0 spiro atoms. The standard InChI is InChI=1S/C15H8ClN3O3/c16-12-4-2-1-3-10(12)15-11-7-9(19(21)22)5-6-13(11)18-14(20)8-17-15/h1-8H. The number of hydrogen-bond acceptors (Lipinski definition) is 5. The van der Waals surface area contributed by atoms with E-state index in [1.54, 1.807) is 24.3 Å². The van der Waals surface area contributed by atoms with Gasteiger partial charge in [-0.1, -0.05) is 29.8 Å². The van der Waals surface area contributed by atoms with Crippen molar-refractivity contribution in [2.24, 2.45) is 0 Å². The number of nitro benzene ring substituents is 1. The maximum absolute atomic E-state index is 11.6. The van der Waals surface area contributed by atoms with Crippen LogP contribution in [-0.4, -0.2) is 14.9 Å². The first kappa shape index (κ1) is 14.1. The van der Waals surface area contributed by atoms with Gasteiger partial charge in [-0.05, 0) is 12.1 Å². The minimum atomic E-state index is -0.530. The Morgan fingerprint density at radius 1 is 1.14 bits per heavy atom. The lowest BCUT2D eigenvalue weighted by atomic mass is 10.1. The molecular weight excluding hydrogens is 306 g/mol. The van der Waals surface area contributed by atoms with Gasteiger partial charge >= 0.3 is 0 Å². The molecule has 0 bridgehead atoms. The van der Waals surface area contributed by atoms with E-state index in [0.717, 1.165) is 6.20 Å². The van der Waals surface area contributed by atoms with Crippen molar-refractivity contribution in [3.05, 3.63) is 74.2 Å². The maximum atomic E-state index is 11.6. The fourth-order valence-electron chi connectivity index (χ4n) is 2.13. The van der Waals surface area contributed by atoms with Gasteiger partial charge in [0.15, 0.2) is 0 Å². The van der Waals surface area contributed by atoms with Gasteiger partial charge in [0.2, 0.25) is 0 Å². The highest BCUT2D eigenvalue weighted by molar-refractivity contribution is 6.33. The quantitative estimate of drug-likeness (QED) is 0.535. The highest BCUT2D eigenvalue weighted by Crippen LogP contribution is 2.31. The zero-order chi connectivity index (χ0) is 15.7. The summed E-state index contributed by atoms with van der Waals surface area (Å²) in [6, 6.07) is 11.0. The third-order valence-corrected chi connectivity index (χ3v) is 3.44. The van der Waals surface area contributed by atoms with E-state index in [-0.39, 0.29) is 5.69 Å². The number of benzene rings is 2. The molecule has 0 aliphatic rings. The van der Waals surface area contributed by atoms with Crippen LogP contribution in [0.5, 0.6) is 0 Å². The Labute approximate surface area is 129 Å². The second kappa shape index (κ2) is 5.50. The van der Waals surface area contributed by atoms with E-state index >= 15 is 0 Å². The summed E-state index contributed by atoms with van der Waals surface area (Å²) >= 11 is 6.17. The summed E-state index contributed by atoms with van der Waals surface area (Å²) in [6.07, 6.45) is 1.07. The van der Waals surface area contributed by atoms with E-state index in [9.17, 15) is 14.9 Å². The lowest BCUT2D eigenvalue weighted by Crippen LogP contribution is -1.99. The number of aromatic nitrogens is 2. The summed E-state index contributed by atoms with van der Waals surface area (Å²) in [5.74, 6) is 0. The van der Waals surface area contributed by atoms with E-state index in [2.05, 4.69) is 9.97 Å². The molecular formula is C15H8ClN3O3. The second-order valence-electron chi connectivity index (χ2n) is 4.50. The fraction of sp³-hybridized carbons (Fsp3) is 0. The maximum Gasteiger partial charge on any atom is 0.288 e. The molecule has 0 unspecified atom stereocenters. The summed E-state index contributed by atoms with van der Waals surface area (Å²) in [5.41, 5.74) is 0.634. The fourth-order valence-corrected chi connectivity index (χ4v) is 2.35. The zero-order valence-corrected chi connectivity index (χ0v) is 11.8. The van der Waals surface area contributed by atoms with Crippen LogP contribution in [0.4, 0.5) is 5.69 Å². The Kier molecular flexibility index (Phi) is 3.52. The van der Waals surface area contributed by atoms with Gasteiger partial charge in [-0.25, -0.2) is 9.97 Å². The largest absolute Gasteiger partial charge is 0.288 e. The average Bonchev–Trinajstić information content (AvgIpc) is 2.65. The predicted octanol–water partition coefficient (Wildman–Crippen LogP) is 3.22. The molecule has 6 nitrogen and oxygen atoms in total. The minimum Gasteiger partial charge on any atom is -0.266 e. The molecule has 0 atom stereocenters. The first-order chi connectivity index (χ1) is 10.6. The Morgan fingerprint density at radius 2 is 1.91 bits per heavy atom. The number of fused-ring (bicyclic) bond motifs is 1. The molecule has 0 radical (unpaired) electrons. The van der Waals surface area contributed by atoms with Crippen molar-refractivity contribution in [2.75, 3.05) is 0 Å². The van der Waals surface area contributed by atoms with E-state index in [1.807, 2.05) is 0 Å². The van der Waals surface area contributed by atoms with Gasteiger partial charge < -0.3 is 0 Å². The van der Waals surface area contributed by atoms with Gasteiger partial charge in [0.1, 0.15) is 0 Å². The normalized spacial score (nSPS) is 10.6. The van der Waals surface area contributed by atoms with Crippen molar-refractivity contribution in [3.8, 4) is 11.3 Å². The third kappa shape index (κ3) is 2.51. The summed E-state index contributed by atoms with van der Waals surface area (Å²) in [5, 5.41) is 11.8. The van der Waals surface area contributed by atoms with Crippen LogP contribution >= 0.6 is 11.6 Å². The highest BCUT2D eigenvalue weighted by atomic mass is 35.5. The van der Waals surface area contributed by atoms with Gasteiger partial charge in [-0.15, -0.1) is 0 Å². The zero-order valence-electron chi connectivity index (χ0n) is 11.1. The number of nitro groups is 1. The topological polar surface area (TPSA) is 86.0 Å². The second-order valence-corrected chi connectivity index (χ2v) is 4.90. The van der Waals surface area contributed by atoms with Crippen molar-refractivity contribution in [3.63, 3.8) is 0 Å². The number of rotatable bonds is 2. The van der Waals surface area contributed by atoms with Crippen LogP contribution in [0, 0.1) is 10.1 Å². The highest BCUT2D eigenvalue weighted by Gasteiger charge is 2.13. The number of non-ortho nitro benzene ring substituents is 1. The van der Waals surface area contributed by atoms with Crippen molar-refractivity contribution in [2.45, 2.75) is 0 Å². The van der Waals surface area contributed by atoms with Crippen molar-refractivity contribution < 1.29 is 4.92 Å². The molecule has 1 aromatic heterocycles. The van der Waals surface area contributed by atoms with Gasteiger partial charge in [0.25, 0.3) is 11.2 Å². The predicted molar refractivity (Wildman–Crippen MR) is 82.9 cm³/mol. The first-order valence-electron chi connectivity index (χ1n) is 6.26. The molecule has 0 aliphatic carbocycles. The van der Waals surface area contributed by atoms with Gasteiger partial charge in [-0.3, -0.25) is 14.9 Å². The van der Waals surface area contributed by atoms with E-state index in [0.29, 0.717) is 27.2 Å². The molecule has 3 rings (SSSR count). The molecule has 0 N–H and O–H groups in total. The third-order valence-electron chi connectivity index (χ3n) is 3.11. The summed E-state index contributed by atoms with van der Waals surface area (Å²) in [6.45, 7) is 0. The van der Waals surface area contributed by atoms with Crippen LogP contribution in [0.2, 0.25) is 5.02 Å². The summed E-state index contributed by atoms with van der Waals surface area (Å²) in [7, 11) is 0. The summed E-state index contributed by atoms with van der Waals surface area (Å²) < 4.78 is 0. The monoisotopic (exact) mass is 313 g/mol. The SMILES string of the molecule is O=c1cnc(-c2ccccc2Cl)c2cc([N+](=O)[O-])ccc2n1. The molecule has 0 saturated carbocycles. The molecule has 3 aromatic rings. The van der Waals surface area contributed by atoms with Crippen LogP contribution in [0.15, 0.2) is 53.5 Å². The van der Waals surface area contributed by atoms with E-state index in [4.69, 9.17) is 11.6 Å². The van der Waals surface area contributed by atoms with Crippen LogP contribution in [0.3, 0.4) is 0 Å².